The van der Waals surface area contributed by atoms with Gasteiger partial charge in [0, 0.05) is 18.5 Å². The third-order valence-corrected chi connectivity index (χ3v) is 3.48. The fourth-order valence-corrected chi connectivity index (χ4v) is 2.59. The van der Waals surface area contributed by atoms with E-state index in [1.54, 1.807) is 25.3 Å². The molecule has 1 aliphatic rings. The van der Waals surface area contributed by atoms with E-state index < -0.39 is 0 Å². The van der Waals surface area contributed by atoms with Crippen molar-refractivity contribution in [1.82, 2.24) is 14.5 Å². The van der Waals surface area contributed by atoms with Crippen LogP contribution in [0.2, 0.25) is 10.3 Å². The average Bonchev–Trinajstić information content (AvgIpc) is 3.06. The van der Waals surface area contributed by atoms with Crippen molar-refractivity contribution >= 4 is 29.0 Å². The second-order valence-corrected chi connectivity index (χ2v) is 5.40. The van der Waals surface area contributed by atoms with Gasteiger partial charge in [-0.15, -0.1) is 0 Å². The molecule has 2 aromatic heterocycles. The number of halogens is 2. The maximum atomic E-state index is 11.7. The Labute approximate surface area is 120 Å². The molecule has 19 heavy (non-hydrogen) atoms. The Kier molecular flexibility index (Phi) is 3.07. The molecule has 0 amide bonds. The molecule has 1 fully saturated rings. The second kappa shape index (κ2) is 4.62. The summed E-state index contributed by atoms with van der Waals surface area (Å²) < 4.78 is 1.98. The predicted octanol–water partition coefficient (Wildman–Crippen LogP) is 3.79. The lowest BCUT2D eigenvalue weighted by Crippen LogP contribution is -2.06. The molecule has 0 bridgehead atoms. The third-order valence-electron chi connectivity index (χ3n) is 3.09. The van der Waals surface area contributed by atoms with E-state index in [2.05, 4.69) is 9.97 Å². The monoisotopic (exact) mass is 295 g/mol. The SMILES string of the molecule is CC(=O)c1cnc(-c2cc(Cl)nc(Cl)c2)n1C1CC1. The number of ketones is 1. The summed E-state index contributed by atoms with van der Waals surface area (Å²) in [4.78, 5) is 19.9. The van der Waals surface area contributed by atoms with E-state index in [4.69, 9.17) is 23.2 Å². The molecule has 6 heteroatoms. The van der Waals surface area contributed by atoms with Gasteiger partial charge in [-0.1, -0.05) is 23.2 Å². The molecule has 3 rings (SSSR count). The zero-order valence-corrected chi connectivity index (χ0v) is 11.7. The van der Waals surface area contributed by atoms with Crippen LogP contribution < -0.4 is 0 Å². The number of imidazole rings is 1. The van der Waals surface area contributed by atoms with Crippen LogP contribution in [0.3, 0.4) is 0 Å². The van der Waals surface area contributed by atoms with E-state index in [1.165, 1.54) is 0 Å². The fourth-order valence-electron chi connectivity index (χ4n) is 2.13. The Morgan fingerprint density at radius 1 is 1.32 bits per heavy atom. The minimum Gasteiger partial charge on any atom is -0.318 e. The number of pyridine rings is 1. The second-order valence-electron chi connectivity index (χ2n) is 4.63. The zero-order valence-electron chi connectivity index (χ0n) is 10.2. The van der Waals surface area contributed by atoms with Gasteiger partial charge in [-0.3, -0.25) is 4.79 Å². The zero-order chi connectivity index (χ0) is 13.6. The molecule has 2 aromatic rings. The van der Waals surface area contributed by atoms with Crippen molar-refractivity contribution in [3.63, 3.8) is 0 Å². The molecule has 0 radical (unpaired) electrons. The van der Waals surface area contributed by atoms with Crippen LogP contribution in [-0.2, 0) is 0 Å². The molecule has 1 aliphatic carbocycles. The first-order chi connectivity index (χ1) is 9.06. The largest absolute Gasteiger partial charge is 0.318 e. The number of hydrogen-bond donors (Lipinski definition) is 0. The molecule has 0 saturated heterocycles. The fraction of sp³-hybridized carbons (Fsp3) is 0.308. The number of carbonyl (C=O) groups is 1. The number of rotatable bonds is 3. The van der Waals surface area contributed by atoms with Crippen LogP contribution in [0.25, 0.3) is 11.4 Å². The molecule has 0 unspecified atom stereocenters. The Bertz CT molecular complexity index is 642. The molecule has 0 aromatic carbocycles. The summed E-state index contributed by atoms with van der Waals surface area (Å²) in [6.07, 6.45) is 3.74. The van der Waals surface area contributed by atoms with Gasteiger partial charge < -0.3 is 4.57 Å². The minimum absolute atomic E-state index is 0.0110. The summed E-state index contributed by atoms with van der Waals surface area (Å²) in [6, 6.07) is 3.76. The van der Waals surface area contributed by atoms with Crippen LogP contribution in [0, 0.1) is 0 Å². The summed E-state index contributed by atoms with van der Waals surface area (Å²) in [5, 5.41) is 0.634. The highest BCUT2D eigenvalue weighted by molar-refractivity contribution is 6.32. The first-order valence-corrected chi connectivity index (χ1v) is 6.73. The quantitative estimate of drug-likeness (QED) is 0.639. The van der Waals surface area contributed by atoms with Crippen LogP contribution in [0.1, 0.15) is 36.3 Å². The lowest BCUT2D eigenvalue weighted by Gasteiger charge is -2.09. The lowest BCUT2D eigenvalue weighted by molar-refractivity contribution is 0.100. The topological polar surface area (TPSA) is 47.8 Å². The van der Waals surface area contributed by atoms with Gasteiger partial charge in [-0.25, -0.2) is 9.97 Å². The number of hydrogen-bond acceptors (Lipinski definition) is 3. The molecule has 0 spiro atoms. The first kappa shape index (κ1) is 12.6. The number of Topliss-reactive ketones (excluding diaryl/α,β-unsaturated/α-hetero) is 1. The van der Waals surface area contributed by atoms with Crippen molar-refractivity contribution in [2.24, 2.45) is 0 Å². The Balaban J connectivity index is 2.16. The van der Waals surface area contributed by atoms with Crippen LogP contribution >= 0.6 is 23.2 Å². The Morgan fingerprint density at radius 2 is 1.95 bits per heavy atom. The number of aromatic nitrogens is 3. The molecular formula is C13H11Cl2N3O. The van der Waals surface area contributed by atoms with Crippen molar-refractivity contribution in [2.75, 3.05) is 0 Å². The highest BCUT2D eigenvalue weighted by atomic mass is 35.5. The van der Waals surface area contributed by atoms with E-state index in [0.29, 0.717) is 22.0 Å². The molecule has 0 N–H and O–H groups in total. The maximum absolute atomic E-state index is 11.7. The molecule has 1 saturated carbocycles. The van der Waals surface area contributed by atoms with E-state index in [-0.39, 0.29) is 5.78 Å². The van der Waals surface area contributed by atoms with Gasteiger partial charge in [0.05, 0.1) is 6.20 Å². The Hall–Kier alpha value is -1.39. The van der Waals surface area contributed by atoms with Crippen LogP contribution in [0.4, 0.5) is 0 Å². The molecule has 98 valence electrons. The van der Waals surface area contributed by atoms with Crippen molar-refractivity contribution in [1.29, 1.82) is 0 Å². The van der Waals surface area contributed by atoms with E-state index in [9.17, 15) is 4.79 Å². The smallest absolute Gasteiger partial charge is 0.177 e. The summed E-state index contributed by atoms with van der Waals surface area (Å²) in [5.41, 5.74) is 1.41. The van der Waals surface area contributed by atoms with E-state index in [0.717, 1.165) is 24.2 Å². The third kappa shape index (κ3) is 2.38. The van der Waals surface area contributed by atoms with Crippen LogP contribution in [-0.4, -0.2) is 20.3 Å². The van der Waals surface area contributed by atoms with Gasteiger partial charge in [0.25, 0.3) is 0 Å². The molecule has 0 atom stereocenters. The predicted molar refractivity (Wildman–Crippen MR) is 73.8 cm³/mol. The highest BCUT2D eigenvalue weighted by Crippen LogP contribution is 2.40. The van der Waals surface area contributed by atoms with Gasteiger partial charge in [0.2, 0.25) is 0 Å². The number of nitrogens with zero attached hydrogens (tertiary/aromatic N) is 3. The molecule has 0 aliphatic heterocycles. The summed E-state index contributed by atoms with van der Waals surface area (Å²) in [6.45, 7) is 1.55. The van der Waals surface area contributed by atoms with Gasteiger partial charge in [-0.2, -0.15) is 0 Å². The molecular weight excluding hydrogens is 285 g/mol. The van der Waals surface area contributed by atoms with Gasteiger partial charge >= 0.3 is 0 Å². The summed E-state index contributed by atoms with van der Waals surface area (Å²) in [5.74, 6) is 0.732. The van der Waals surface area contributed by atoms with Crippen LogP contribution in [0.15, 0.2) is 18.3 Å². The minimum atomic E-state index is 0.0110. The highest BCUT2D eigenvalue weighted by Gasteiger charge is 2.30. The maximum Gasteiger partial charge on any atom is 0.177 e. The standard InChI is InChI=1S/C13H11Cl2N3O/c1-7(19)10-6-16-13(18(10)9-2-3-9)8-4-11(14)17-12(15)5-8/h4-6,9H,2-3H2,1H3. The van der Waals surface area contributed by atoms with Gasteiger partial charge in [-0.05, 0) is 25.0 Å². The van der Waals surface area contributed by atoms with Crippen molar-refractivity contribution < 1.29 is 4.79 Å². The average molecular weight is 296 g/mol. The molecule has 4 nitrogen and oxygen atoms in total. The van der Waals surface area contributed by atoms with Gasteiger partial charge in [0.15, 0.2) is 5.78 Å². The normalized spacial score (nSPS) is 14.7. The lowest BCUT2D eigenvalue weighted by atomic mass is 10.2. The van der Waals surface area contributed by atoms with Crippen molar-refractivity contribution in [2.45, 2.75) is 25.8 Å². The summed E-state index contributed by atoms with van der Waals surface area (Å²) >= 11 is 11.8. The van der Waals surface area contributed by atoms with Crippen molar-refractivity contribution in [3.8, 4) is 11.4 Å². The van der Waals surface area contributed by atoms with Crippen LogP contribution in [0.5, 0.6) is 0 Å². The first-order valence-electron chi connectivity index (χ1n) is 5.98. The summed E-state index contributed by atoms with van der Waals surface area (Å²) in [7, 11) is 0. The van der Waals surface area contributed by atoms with Crippen molar-refractivity contribution in [3.05, 3.63) is 34.3 Å². The van der Waals surface area contributed by atoms with E-state index in [1.807, 2.05) is 4.57 Å². The number of carbonyl (C=O) groups excluding carboxylic acids is 1. The Morgan fingerprint density at radius 3 is 2.47 bits per heavy atom. The molecule has 2 heterocycles. The van der Waals surface area contributed by atoms with Gasteiger partial charge in [0.1, 0.15) is 21.8 Å². The van der Waals surface area contributed by atoms with E-state index >= 15 is 0 Å².